The molecule has 2 rings (SSSR count). The van der Waals surface area contributed by atoms with Crippen LogP contribution in [0.5, 0.6) is 0 Å². The van der Waals surface area contributed by atoms with Gasteiger partial charge in [0.25, 0.3) is 5.91 Å². The second kappa shape index (κ2) is 6.04. The smallest absolute Gasteiger partial charge is 0.254 e. The maximum absolute atomic E-state index is 12.8. The lowest BCUT2D eigenvalue weighted by molar-refractivity contribution is 0.0743. The molecule has 0 aromatic carbocycles. The van der Waals surface area contributed by atoms with E-state index in [1.165, 1.54) is 0 Å². The largest absolute Gasteiger partial charge is 0.373 e. The molecule has 1 saturated carbocycles. The summed E-state index contributed by atoms with van der Waals surface area (Å²) in [7, 11) is 1.84. The third-order valence-corrected chi connectivity index (χ3v) is 3.81. The summed E-state index contributed by atoms with van der Waals surface area (Å²) in [5.41, 5.74) is 1.63. The number of anilines is 1. The van der Waals surface area contributed by atoms with Gasteiger partial charge in [0.15, 0.2) is 0 Å². The Morgan fingerprint density at radius 1 is 1.38 bits per heavy atom. The summed E-state index contributed by atoms with van der Waals surface area (Å²) in [4.78, 5) is 19.5. The Morgan fingerprint density at radius 2 is 2.05 bits per heavy atom. The Hall–Kier alpha value is -1.58. The van der Waals surface area contributed by atoms with E-state index in [4.69, 9.17) is 0 Å². The summed E-state index contributed by atoms with van der Waals surface area (Å²) in [5.74, 6) is 0.904. The van der Waals surface area contributed by atoms with E-state index < -0.39 is 0 Å². The number of aromatic nitrogens is 1. The molecular weight excluding hydrogens is 262 g/mol. The molecule has 0 spiro atoms. The first-order chi connectivity index (χ1) is 9.86. The van der Waals surface area contributed by atoms with Crippen LogP contribution in [-0.2, 0) is 5.41 Å². The quantitative estimate of drug-likeness (QED) is 0.903. The van der Waals surface area contributed by atoms with Crippen LogP contribution in [0, 0.1) is 0 Å². The minimum atomic E-state index is -0.0724. The molecule has 1 amide bonds. The topological polar surface area (TPSA) is 45.2 Å². The van der Waals surface area contributed by atoms with Crippen LogP contribution in [0.1, 0.15) is 63.0 Å². The fraction of sp³-hybridized carbons (Fsp3) is 0.647. The summed E-state index contributed by atoms with van der Waals surface area (Å²) in [5, 5.41) is 3.07. The van der Waals surface area contributed by atoms with Gasteiger partial charge in [0, 0.05) is 36.3 Å². The molecule has 0 saturated heterocycles. The fourth-order valence-corrected chi connectivity index (χ4v) is 2.41. The second-order valence-corrected chi connectivity index (χ2v) is 6.86. The van der Waals surface area contributed by atoms with Gasteiger partial charge < -0.3 is 10.2 Å². The number of carbonyl (C=O) groups is 1. The molecule has 1 aliphatic carbocycles. The van der Waals surface area contributed by atoms with Crippen LogP contribution in [0.15, 0.2) is 12.1 Å². The van der Waals surface area contributed by atoms with E-state index in [9.17, 15) is 4.79 Å². The zero-order valence-corrected chi connectivity index (χ0v) is 13.9. The summed E-state index contributed by atoms with van der Waals surface area (Å²) >= 11 is 0. The van der Waals surface area contributed by atoms with E-state index in [0.717, 1.165) is 42.9 Å². The highest BCUT2D eigenvalue weighted by Crippen LogP contribution is 2.30. The number of hydrogen-bond acceptors (Lipinski definition) is 3. The first-order valence-corrected chi connectivity index (χ1v) is 7.88. The molecule has 0 aliphatic heterocycles. The molecule has 1 aliphatic rings. The number of pyridine rings is 1. The highest BCUT2D eigenvalue weighted by atomic mass is 16.2. The molecule has 0 radical (unpaired) electrons. The van der Waals surface area contributed by atoms with Gasteiger partial charge >= 0.3 is 0 Å². The van der Waals surface area contributed by atoms with Gasteiger partial charge in [0.2, 0.25) is 0 Å². The van der Waals surface area contributed by atoms with Crippen molar-refractivity contribution < 1.29 is 4.79 Å². The average Bonchev–Trinajstić information content (AvgIpc) is 3.27. The lowest BCUT2D eigenvalue weighted by Gasteiger charge is -2.24. The third kappa shape index (κ3) is 3.74. The van der Waals surface area contributed by atoms with Crippen molar-refractivity contribution in [1.29, 1.82) is 0 Å². The molecule has 1 fully saturated rings. The maximum Gasteiger partial charge on any atom is 0.254 e. The van der Waals surface area contributed by atoms with Crippen LogP contribution >= 0.6 is 0 Å². The van der Waals surface area contributed by atoms with Gasteiger partial charge in [-0.3, -0.25) is 4.79 Å². The van der Waals surface area contributed by atoms with Crippen molar-refractivity contribution in [2.24, 2.45) is 0 Å². The van der Waals surface area contributed by atoms with E-state index in [0.29, 0.717) is 6.04 Å². The first kappa shape index (κ1) is 15.8. The van der Waals surface area contributed by atoms with Crippen molar-refractivity contribution in [2.75, 3.05) is 18.9 Å². The van der Waals surface area contributed by atoms with Gasteiger partial charge in [0.1, 0.15) is 5.82 Å². The molecule has 1 aromatic rings. The van der Waals surface area contributed by atoms with Crippen LogP contribution in [0.3, 0.4) is 0 Å². The SMILES string of the molecule is CCCN(C(=O)c1cc(NC)nc(C(C)(C)C)c1)C1CC1. The van der Waals surface area contributed by atoms with Crippen LogP contribution in [0.25, 0.3) is 0 Å². The molecule has 1 heterocycles. The van der Waals surface area contributed by atoms with Gasteiger partial charge in [0.05, 0.1) is 0 Å². The van der Waals surface area contributed by atoms with Crippen LogP contribution in [-0.4, -0.2) is 35.4 Å². The monoisotopic (exact) mass is 289 g/mol. The van der Waals surface area contributed by atoms with Gasteiger partial charge in [-0.1, -0.05) is 27.7 Å². The van der Waals surface area contributed by atoms with Crippen molar-refractivity contribution >= 4 is 11.7 Å². The predicted octanol–water partition coefficient (Wildman–Crippen LogP) is 3.44. The summed E-state index contributed by atoms with van der Waals surface area (Å²) in [6.07, 6.45) is 3.28. The van der Waals surface area contributed by atoms with Gasteiger partial charge in [-0.25, -0.2) is 4.98 Å². The molecule has 0 bridgehead atoms. The van der Waals surface area contributed by atoms with E-state index in [2.05, 4.69) is 38.0 Å². The Labute approximate surface area is 127 Å². The lowest BCUT2D eigenvalue weighted by Crippen LogP contribution is -2.34. The Bertz CT molecular complexity index is 515. The number of carbonyl (C=O) groups excluding carboxylic acids is 1. The number of hydrogen-bond donors (Lipinski definition) is 1. The average molecular weight is 289 g/mol. The molecule has 0 atom stereocenters. The molecule has 1 aromatic heterocycles. The minimum Gasteiger partial charge on any atom is -0.373 e. The van der Waals surface area contributed by atoms with Crippen LogP contribution in [0.2, 0.25) is 0 Å². The van der Waals surface area contributed by atoms with Crippen molar-refractivity contribution in [2.45, 2.75) is 58.4 Å². The van der Waals surface area contributed by atoms with Crippen molar-refractivity contribution in [3.63, 3.8) is 0 Å². The Balaban J connectivity index is 2.35. The Morgan fingerprint density at radius 3 is 2.52 bits per heavy atom. The number of amides is 1. The first-order valence-electron chi connectivity index (χ1n) is 7.88. The predicted molar refractivity (Wildman–Crippen MR) is 86.8 cm³/mol. The highest BCUT2D eigenvalue weighted by molar-refractivity contribution is 5.95. The van der Waals surface area contributed by atoms with Crippen LogP contribution < -0.4 is 5.32 Å². The maximum atomic E-state index is 12.8. The highest BCUT2D eigenvalue weighted by Gasteiger charge is 2.33. The molecule has 0 unspecified atom stereocenters. The Kier molecular flexibility index (Phi) is 4.55. The summed E-state index contributed by atoms with van der Waals surface area (Å²) < 4.78 is 0. The van der Waals surface area contributed by atoms with Crippen molar-refractivity contribution in [1.82, 2.24) is 9.88 Å². The normalized spacial score (nSPS) is 14.9. The second-order valence-electron chi connectivity index (χ2n) is 6.86. The van der Waals surface area contributed by atoms with Crippen molar-refractivity contribution in [3.8, 4) is 0 Å². The lowest BCUT2D eigenvalue weighted by atomic mass is 9.90. The zero-order valence-electron chi connectivity index (χ0n) is 13.9. The molecule has 4 nitrogen and oxygen atoms in total. The van der Waals surface area contributed by atoms with E-state index in [1.54, 1.807) is 0 Å². The van der Waals surface area contributed by atoms with E-state index in [1.807, 2.05) is 24.1 Å². The van der Waals surface area contributed by atoms with Gasteiger partial charge in [-0.15, -0.1) is 0 Å². The van der Waals surface area contributed by atoms with E-state index >= 15 is 0 Å². The fourth-order valence-electron chi connectivity index (χ4n) is 2.41. The molecule has 4 heteroatoms. The number of rotatable bonds is 5. The zero-order chi connectivity index (χ0) is 15.6. The third-order valence-electron chi connectivity index (χ3n) is 3.81. The molecule has 1 N–H and O–H groups in total. The van der Waals surface area contributed by atoms with Crippen LogP contribution in [0.4, 0.5) is 5.82 Å². The molecule has 21 heavy (non-hydrogen) atoms. The number of nitrogens with one attached hydrogen (secondary N) is 1. The summed E-state index contributed by atoms with van der Waals surface area (Å²) in [6.45, 7) is 9.32. The van der Waals surface area contributed by atoms with E-state index in [-0.39, 0.29) is 11.3 Å². The summed E-state index contributed by atoms with van der Waals surface area (Å²) in [6, 6.07) is 4.26. The van der Waals surface area contributed by atoms with Crippen molar-refractivity contribution in [3.05, 3.63) is 23.4 Å². The number of nitrogens with zero attached hydrogens (tertiary/aromatic N) is 2. The minimum absolute atomic E-state index is 0.0724. The van der Waals surface area contributed by atoms with Gasteiger partial charge in [-0.05, 0) is 31.4 Å². The standard InChI is InChI=1S/C17H27N3O/c1-6-9-20(13-7-8-13)16(21)12-10-14(17(2,3)4)19-15(11-12)18-5/h10-11,13H,6-9H2,1-5H3,(H,18,19). The molecular formula is C17H27N3O. The van der Waals surface area contributed by atoms with Gasteiger partial charge in [-0.2, -0.15) is 0 Å². The molecule has 116 valence electrons.